The van der Waals surface area contributed by atoms with Gasteiger partial charge in [0.05, 0.1) is 30.3 Å². The first kappa shape index (κ1) is 16.8. The highest BCUT2D eigenvalue weighted by Crippen LogP contribution is 2.43. The number of fused-ring (bicyclic) bond motifs is 1. The van der Waals surface area contributed by atoms with Crippen LogP contribution in [0.5, 0.6) is 0 Å². The number of rotatable bonds is 1. The van der Waals surface area contributed by atoms with Crippen LogP contribution in [-0.2, 0) is 14.3 Å². The Hall–Kier alpha value is -1.08. The number of aliphatic hydroxyl groups excluding tert-OH is 2. The third-order valence-corrected chi connectivity index (χ3v) is 5.82. The summed E-state index contributed by atoms with van der Waals surface area (Å²) in [5.74, 6) is -1.59. The first-order valence-electron chi connectivity index (χ1n) is 8.23. The molecule has 3 aliphatic rings. The van der Waals surface area contributed by atoms with Crippen molar-refractivity contribution in [2.45, 2.75) is 63.1 Å². The van der Waals surface area contributed by atoms with E-state index in [4.69, 9.17) is 4.74 Å². The van der Waals surface area contributed by atoms with Gasteiger partial charge in [0, 0.05) is 24.7 Å². The van der Waals surface area contributed by atoms with E-state index < -0.39 is 41.9 Å². The molecule has 0 unspecified atom stereocenters. The summed E-state index contributed by atoms with van der Waals surface area (Å²) >= 11 is 0. The van der Waals surface area contributed by atoms with E-state index >= 15 is 0 Å². The molecule has 0 aromatic heterocycles. The molecule has 6 nitrogen and oxygen atoms in total. The lowest BCUT2D eigenvalue weighted by Gasteiger charge is -2.51. The normalized spacial score (nSPS) is 50.7. The van der Waals surface area contributed by atoms with Crippen LogP contribution in [-0.4, -0.2) is 56.9 Å². The quantitative estimate of drug-likeness (QED) is 0.626. The highest BCUT2D eigenvalue weighted by molar-refractivity contribution is 5.91. The molecule has 1 saturated carbocycles. The summed E-state index contributed by atoms with van der Waals surface area (Å²) in [7, 11) is 0. The van der Waals surface area contributed by atoms with Gasteiger partial charge in [-0.2, -0.15) is 0 Å². The molecule has 1 aliphatic heterocycles. The average Bonchev–Trinajstić information content (AvgIpc) is 2.53. The van der Waals surface area contributed by atoms with Crippen molar-refractivity contribution in [3.63, 3.8) is 0 Å². The minimum atomic E-state index is -1.35. The number of Topliss-reactive ketones (excluding diaryl/α,β-unsaturated/α-hetero) is 1. The van der Waals surface area contributed by atoms with Crippen LogP contribution in [0.2, 0.25) is 0 Å². The lowest BCUT2D eigenvalue weighted by molar-refractivity contribution is -0.223. The Balaban J connectivity index is 1.86. The fourth-order valence-electron chi connectivity index (χ4n) is 4.15. The van der Waals surface area contributed by atoms with Crippen LogP contribution in [0.3, 0.4) is 0 Å². The molecule has 0 aromatic carbocycles. The van der Waals surface area contributed by atoms with E-state index in [0.717, 1.165) is 0 Å². The number of ketones is 2. The molecule has 0 aromatic rings. The molecule has 23 heavy (non-hydrogen) atoms. The fraction of sp³-hybridized carbons (Fsp3) is 0.765. The molecule has 0 radical (unpaired) electrons. The lowest BCUT2D eigenvalue weighted by Crippen LogP contribution is -2.63. The fourth-order valence-corrected chi connectivity index (χ4v) is 4.15. The minimum Gasteiger partial charge on any atom is -0.392 e. The minimum absolute atomic E-state index is 0.00277. The first-order valence-corrected chi connectivity index (χ1v) is 8.23. The molecule has 1 saturated heterocycles. The average molecular weight is 324 g/mol. The molecule has 2 fully saturated rings. The summed E-state index contributed by atoms with van der Waals surface area (Å²) in [6.07, 6.45) is 0.0881. The summed E-state index contributed by atoms with van der Waals surface area (Å²) in [5, 5.41) is 31.4. The molecule has 3 rings (SSSR count). The van der Waals surface area contributed by atoms with Crippen LogP contribution >= 0.6 is 0 Å². The Morgan fingerprint density at radius 1 is 1.17 bits per heavy atom. The maximum Gasteiger partial charge on any atom is 0.155 e. The Kier molecular flexibility index (Phi) is 4.21. The van der Waals surface area contributed by atoms with Gasteiger partial charge >= 0.3 is 0 Å². The van der Waals surface area contributed by atoms with Gasteiger partial charge in [0.2, 0.25) is 0 Å². The number of ether oxygens (including phenoxy) is 1. The van der Waals surface area contributed by atoms with Gasteiger partial charge in [0.15, 0.2) is 5.78 Å². The van der Waals surface area contributed by atoms with Gasteiger partial charge in [-0.25, -0.2) is 0 Å². The maximum atomic E-state index is 12.6. The summed E-state index contributed by atoms with van der Waals surface area (Å²) in [6.45, 7) is 3.52. The van der Waals surface area contributed by atoms with Gasteiger partial charge in [0.1, 0.15) is 11.4 Å². The summed E-state index contributed by atoms with van der Waals surface area (Å²) in [4.78, 5) is 23.9. The SMILES string of the molecule is C[C@@H]1[C@@H](O)[C@H](C)[C@@H]2O[C@H]([C@]3(O)C=CC(=O)CC3)CC(=O)[C@@H]2[C@H]1O. The molecule has 1 heterocycles. The van der Waals surface area contributed by atoms with E-state index in [-0.39, 0.29) is 36.7 Å². The highest BCUT2D eigenvalue weighted by Gasteiger charge is 2.55. The largest absolute Gasteiger partial charge is 0.392 e. The molecule has 3 N–H and O–H groups in total. The zero-order chi connectivity index (χ0) is 16.9. The van der Waals surface area contributed by atoms with Crippen molar-refractivity contribution in [1.82, 2.24) is 0 Å². The van der Waals surface area contributed by atoms with Gasteiger partial charge < -0.3 is 20.1 Å². The van der Waals surface area contributed by atoms with E-state index in [0.29, 0.717) is 0 Å². The second kappa shape index (κ2) is 5.77. The number of allylic oxidation sites excluding steroid dienone is 1. The number of carbonyl (C=O) groups is 2. The van der Waals surface area contributed by atoms with Crippen molar-refractivity contribution in [2.24, 2.45) is 17.8 Å². The molecule has 128 valence electrons. The highest BCUT2D eigenvalue weighted by atomic mass is 16.5. The van der Waals surface area contributed by atoms with E-state index in [1.165, 1.54) is 12.2 Å². The Morgan fingerprint density at radius 3 is 2.48 bits per heavy atom. The van der Waals surface area contributed by atoms with Crippen molar-refractivity contribution in [3.8, 4) is 0 Å². The van der Waals surface area contributed by atoms with E-state index in [1.54, 1.807) is 13.8 Å². The Labute approximate surface area is 135 Å². The van der Waals surface area contributed by atoms with Gasteiger partial charge in [-0.15, -0.1) is 0 Å². The van der Waals surface area contributed by atoms with Gasteiger partial charge in [-0.3, -0.25) is 9.59 Å². The standard InChI is InChI=1S/C17H24O6/c1-8-14(20)9(2)16-13(15(8)21)11(19)7-12(23-16)17(22)5-3-10(18)4-6-17/h3,5,8-9,12-16,20-22H,4,6-7H2,1-2H3/t8-,9+,12+,13-,14-,15+,16+,17+/m1/s1. The van der Waals surface area contributed by atoms with E-state index in [9.17, 15) is 24.9 Å². The Morgan fingerprint density at radius 2 is 1.87 bits per heavy atom. The summed E-state index contributed by atoms with van der Waals surface area (Å²) < 4.78 is 5.99. The van der Waals surface area contributed by atoms with Crippen LogP contribution in [0.4, 0.5) is 0 Å². The molecule has 2 aliphatic carbocycles. The van der Waals surface area contributed by atoms with Crippen molar-refractivity contribution in [3.05, 3.63) is 12.2 Å². The van der Waals surface area contributed by atoms with Crippen molar-refractivity contribution in [1.29, 1.82) is 0 Å². The predicted molar refractivity (Wildman–Crippen MR) is 80.4 cm³/mol. The molecule has 0 bridgehead atoms. The molecular formula is C17H24O6. The van der Waals surface area contributed by atoms with Gasteiger partial charge in [-0.05, 0) is 18.6 Å². The molecule has 6 heteroatoms. The monoisotopic (exact) mass is 324 g/mol. The predicted octanol–water partition coefficient (Wildman–Crippen LogP) is -0.0130. The second-order valence-electron chi connectivity index (χ2n) is 7.28. The second-order valence-corrected chi connectivity index (χ2v) is 7.28. The molecule has 0 spiro atoms. The zero-order valence-corrected chi connectivity index (χ0v) is 13.4. The third kappa shape index (κ3) is 2.67. The lowest BCUT2D eigenvalue weighted by atomic mass is 9.66. The maximum absolute atomic E-state index is 12.6. The number of aliphatic hydroxyl groups is 3. The number of hydrogen-bond acceptors (Lipinski definition) is 6. The molecule has 0 amide bonds. The van der Waals surface area contributed by atoms with Crippen LogP contribution in [0.25, 0.3) is 0 Å². The zero-order valence-electron chi connectivity index (χ0n) is 13.4. The van der Waals surface area contributed by atoms with Crippen molar-refractivity contribution in [2.75, 3.05) is 0 Å². The first-order chi connectivity index (χ1) is 10.7. The topological polar surface area (TPSA) is 104 Å². The van der Waals surface area contributed by atoms with Crippen molar-refractivity contribution >= 4 is 11.6 Å². The van der Waals surface area contributed by atoms with Gasteiger partial charge in [0.25, 0.3) is 0 Å². The summed E-state index contributed by atoms with van der Waals surface area (Å²) in [6, 6.07) is 0. The summed E-state index contributed by atoms with van der Waals surface area (Å²) in [5.41, 5.74) is -1.35. The van der Waals surface area contributed by atoms with Crippen LogP contribution in [0, 0.1) is 17.8 Å². The van der Waals surface area contributed by atoms with Crippen molar-refractivity contribution < 1.29 is 29.6 Å². The van der Waals surface area contributed by atoms with Gasteiger partial charge in [-0.1, -0.05) is 13.8 Å². The third-order valence-electron chi connectivity index (χ3n) is 5.82. The van der Waals surface area contributed by atoms with Crippen LogP contribution < -0.4 is 0 Å². The Bertz CT molecular complexity index is 543. The van der Waals surface area contributed by atoms with Crippen LogP contribution in [0.15, 0.2) is 12.2 Å². The van der Waals surface area contributed by atoms with Crippen LogP contribution in [0.1, 0.15) is 33.1 Å². The molecule has 8 atom stereocenters. The smallest absolute Gasteiger partial charge is 0.155 e. The van der Waals surface area contributed by atoms with E-state index in [2.05, 4.69) is 0 Å². The number of hydrogen-bond donors (Lipinski definition) is 3. The number of carbonyl (C=O) groups excluding carboxylic acids is 2. The van der Waals surface area contributed by atoms with E-state index in [1.807, 2.05) is 0 Å². The molecular weight excluding hydrogens is 300 g/mol.